The molecule has 0 bridgehead atoms. The van der Waals surface area contributed by atoms with Crippen LogP contribution in [-0.2, 0) is 33.7 Å². The molecule has 0 radical (unpaired) electrons. The summed E-state index contributed by atoms with van der Waals surface area (Å²) in [4.78, 5) is 24.3. The molecule has 4 aromatic heterocycles. The van der Waals surface area contributed by atoms with E-state index in [0.717, 1.165) is 69.7 Å². The maximum atomic E-state index is 10.2. The molecule has 2 saturated heterocycles. The van der Waals surface area contributed by atoms with Crippen LogP contribution < -0.4 is 9.80 Å². The molecular formula is C35H38N10O4. The van der Waals surface area contributed by atoms with Gasteiger partial charge in [0, 0.05) is 51.0 Å². The van der Waals surface area contributed by atoms with Gasteiger partial charge in [0.25, 0.3) is 0 Å². The predicted molar refractivity (Wildman–Crippen MR) is 185 cm³/mol. The molecule has 0 unspecified atom stereocenters. The second-order valence-electron chi connectivity index (χ2n) is 12.1. The Morgan fingerprint density at radius 1 is 0.694 bits per heavy atom. The monoisotopic (exact) mass is 662 g/mol. The molecule has 0 amide bonds. The van der Waals surface area contributed by atoms with Crippen LogP contribution in [0, 0.1) is 0 Å². The number of benzene rings is 2. The van der Waals surface area contributed by atoms with Crippen LogP contribution in [0.25, 0.3) is 44.6 Å². The zero-order valence-electron chi connectivity index (χ0n) is 27.4. The molecule has 1 N–H and O–H groups in total. The van der Waals surface area contributed by atoms with Crippen LogP contribution in [-0.4, -0.2) is 111 Å². The van der Waals surface area contributed by atoms with Crippen molar-refractivity contribution in [1.29, 1.82) is 0 Å². The van der Waals surface area contributed by atoms with Gasteiger partial charge in [0.05, 0.1) is 74.1 Å². The highest BCUT2D eigenvalue weighted by Crippen LogP contribution is 2.32. The van der Waals surface area contributed by atoms with Gasteiger partial charge < -0.3 is 29.1 Å². The first-order valence-corrected chi connectivity index (χ1v) is 16.6. The average Bonchev–Trinajstić information content (AvgIpc) is 3.77. The molecule has 2 aliphatic heterocycles. The minimum atomic E-state index is 0.185. The summed E-state index contributed by atoms with van der Waals surface area (Å²) in [6, 6.07) is 15.6. The maximum Gasteiger partial charge on any atom is 0.228 e. The number of aromatic nitrogens is 8. The van der Waals surface area contributed by atoms with Crippen LogP contribution in [0.15, 0.2) is 60.9 Å². The molecule has 2 aromatic carbocycles. The van der Waals surface area contributed by atoms with Gasteiger partial charge in [0.15, 0.2) is 11.3 Å². The SMILES string of the molecule is COCCn1ncc2c(-c3cccc(CCn4ncc5c(-c6cccc(O)c6)nc(N6CCOCC6)nc54)c3)nc(N3CCOCC3)nc21. The summed E-state index contributed by atoms with van der Waals surface area (Å²) >= 11 is 0. The molecule has 0 spiro atoms. The molecule has 0 atom stereocenters. The van der Waals surface area contributed by atoms with Gasteiger partial charge in [-0.1, -0.05) is 30.3 Å². The number of phenolic OH excluding ortho intramolecular Hbond substituents is 1. The zero-order chi connectivity index (χ0) is 33.2. The molecule has 14 nitrogen and oxygen atoms in total. The van der Waals surface area contributed by atoms with Gasteiger partial charge in [-0.05, 0) is 30.2 Å². The van der Waals surface area contributed by atoms with Crippen molar-refractivity contribution in [3.63, 3.8) is 0 Å². The van der Waals surface area contributed by atoms with Crippen molar-refractivity contribution in [2.24, 2.45) is 0 Å². The van der Waals surface area contributed by atoms with E-state index in [1.165, 1.54) is 0 Å². The number of hydrogen-bond acceptors (Lipinski definition) is 12. The third-order valence-corrected chi connectivity index (χ3v) is 9.00. The highest BCUT2D eigenvalue weighted by Gasteiger charge is 2.22. The van der Waals surface area contributed by atoms with E-state index in [2.05, 4.69) is 39.2 Å². The molecule has 6 heterocycles. The number of rotatable bonds is 10. The first-order chi connectivity index (χ1) is 24.1. The van der Waals surface area contributed by atoms with Crippen molar-refractivity contribution in [2.75, 3.05) is 76.1 Å². The molecule has 0 saturated carbocycles. The van der Waals surface area contributed by atoms with Crippen LogP contribution in [0.5, 0.6) is 5.75 Å². The number of aryl methyl sites for hydroxylation is 2. The summed E-state index contributed by atoms with van der Waals surface area (Å²) in [7, 11) is 1.69. The van der Waals surface area contributed by atoms with E-state index in [-0.39, 0.29) is 5.75 Å². The minimum absolute atomic E-state index is 0.185. The molecule has 2 fully saturated rings. The molecule has 2 aliphatic rings. The standard InChI is InChI=1S/C35H38N10O4/c1-47-15-14-45-33-28(23-37-45)30(38-34(41-33)42-10-16-48-17-11-42)25-5-2-4-24(20-25)8-9-44-32-29(22-36-44)31(26-6-3-7-27(46)21-26)39-35(40-32)43-12-18-49-19-13-43/h2-7,20-23,46H,8-19H2,1H3. The van der Waals surface area contributed by atoms with Crippen LogP contribution in [0.1, 0.15) is 5.56 Å². The van der Waals surface area contributed by atoms with Gasteiger partial charge in [0.1, 0.15) is 5.75 Å². The lowest BCUT2D eigenvalue weighted by Crippen LogP contribution is -2.37. The number of nitrogens with zero attached hydrogens (tertiary/aromatic N) is 10. The van der Waals surface area contributed by atoms with Crippen molar-refractivity contribution >= 4 is 34.0 Å². The van der Waals surface area contributed by atoms with Gasteiger partial charge >= 0.3 is 0 Å². The summed E-state index contributed by atoms with van der Waals surface area (Å²) in [5.74, 6) is 1.49. The van der Waals surface area contributed by atoms with E-state index in [9.17, 15) is 5.11 Å². The third kappa shape index (κ3) is 6.37. The Balaban J connectivity index is 1.12. The van der Waals surface area contributed by atoms with Crippen molar-refractivity contribution in [2.45, 2.75) is 19.5 Å². The van der Waals surface area contributed by atoms with Crippen molar-refractivity contribution in [3.05, 3.63) is 66.5 Å². The van der Waals surface area contributed by atoms with E-state index in [4.69, 9.17) is 39.2 Å². The lowest BCUT2D eigenvalue weighted by molar-refractivity contribution is 0.122. The van der Waals surface area contributed by atoms with E-state index in [0.29, 0.717) is 71.1 Å². The van der Waals surface area contributed by atoms with Gasteiger partial charge in [-0.2, -0.15) is 20.2 Å². The smallest absolute Gasteiger partial charge is 0.228 e. The summed E-state index contributed by atoms with van der Waals surface area (Å²) in [5, 5.41) is 21.4. The number of fused-ring (bicyclic) bond motifs is 2. The van der Waals surface area contributed by atoms with E-state index >= 15 is 0 Å². The average molecular weight is 663 g/mol. The number of morpholine rings is 2. The second-order valence-corrected chi connectivity index (χ2v) is 12.1. The van der Waals surface area contributed by atoms with Crippen molar-refractivity contribution < 1.29 is 19.3 Å². The van der Waals surface area contributed by atoms with Gasteiger partial charge in [-0.3, -0.25) is 0 Å². The number of aromatic hydroxyl groups is 1. The van der Waals surface area contributed by atoms with Gasteiger partial charge in [-0.25, -0.2) is 19.3 Å². The number of hydrogen-bond donors (Lipinski definition) is 1. The Bertz CT molecular complexity index is 2080. The highest BCUT2D eigenvalue weighted by atomic mass is 16.5. The molecule has 8 rings (SSSR count). The number of phenols is 1. The lowest BCUT2D eigenvalue weighted by atomic mass is 10.0. The molecule has 49 heavy (non-hydrogen) atoms. The first kappa shape index (κ1) is 31.1. The number of ether oxygens (including phenoxy) is 3. The van der Waals surface area contributed by atoms with E-state index < -0.39 is 0 Å². The van der Waals surface area contributed by atoms with Gasteiger partial charge in [0.2, 0.25) is 11.9 Å². The maximum absolute atomic E-state index is 10.2. The van der Waals surface area contributed by atoms with Crippen LogP contribution >= 0.6 is 0 Å². The number of methoxy groups -OCH3 is 1. The number of anilines is 2. The zero-order valence-corrected chi connectivity index (χ0v) is 27.4. The lowest BCUT2D eigenvalue weighted by Gasteiger charge is -2.27. The van der Waals surface area contributed by atoms with Crippen LogP contribution in [0.2, 0.25) is 0 Å². The van der Waals surface area contributed by atoms with Crippen LogP contribution in [0.4, 0.5) is 11.9 Å². The molecule has 14 heteroatoms. The Morgan fingerprint density at radius 3 is 1.82 bits per heavy atom. The molecule has 6 aromatic rings. The fourth-order valence-electron chi connectivity index (χ4n) is 6.40. The van der Waals surface area contributed by atoms with Crippen molar-refractivity contribution in [1.82, 2.24) is 39.5 Å². The normalized spacial score (nSPS) is 15.4. The minimum Gasteiger partial charge on any atom is -0.508 e. The Morgan fingerprint density at radius 2 is 1.24 bits per heavy atom. The quantitative estimate of drug-likeness (QED) is 0.229. The first-order valence-electron chi connectivity index (χ1n) is 16.6. The molecular weight excluding hydrogens is 624 g/mol. The fourth-order valence-corrected chi connectivity index (χ4v) is 6.40. The Kier molecular flexibility index (Phi) is 8.73. The fraction of sp³-hybridized carbons (Fsp3) is 0.371. The molecule has 252 valence electrons. The van der Waals surface area contributed by atoms with E-state index in [1.54, 1.807) is 19.2 Å². The predicted octanol–water partition coefficient (Wildman–Crippen LogP) is 3.57. The second kappa shape index (κ2) is 13.7. The Hall–Kier alpha value is -5.18. The van der Waals surface area contributed by atoms with Gasteiger partial charge in [-0.15, -0.1) is 0 Å². The summed E-state index contributed by atoms with van der Waals surface area (Å²) in [5.41, 5.74) is 6.08. The summed E-state index contributed by atoms with van der Waals surface area (Å²) < 4.78 is 20.3. The van der Waals surface area contributed by atoms with Crippen LogP contribution in [0.3, 0.4) is 0 Å². The Labute approximate surface area is 282 Å². The third-order valence-electron chi connectivity index (χ3n) is 9.00. The topological polar surface area (TPSA) is 142 Å². The summed E-state index contributed by atoms with van der Waals surface area (Å²) in [6.07, 6.45) is 4.39. The summed E-state index contributed by atoms with van der Waals surface area (Å²) in [6.45, 7) is 7.17. The highest BCUT2D eigenvalue weighted by molar-refractivity contribution is 5.92. The van der Waals surface area contributed by atoms with E-state index in [1.807, 2.05) is 33.9 Å². The molecule has 0 aliphatic carbocycles. The van der Waals surface area contributed by atoms with Crippen molar-refractivity contribution in [3.8, 4) is 28.3 Å². The largest absolute Gasteiger partial charge is 0.508 e.